The van der Waals surface area contributed by atoms with Gasteiger partial charge in [-0.15, -0.1) is 0 Å². The number of benzene rings is 3. The quantitative estimate of drug-likeness (QED) is 0.290. The molecule has 170 valence electrons. The number of nitriles is 1. The van der Waals surface area contributed by atoms with Crippen molar-refractivity contribution in [3.8, 4) is 22.9 Å². The lowest BCUT2D eigenvalue weighted by atomic mass is 10.0. The zero-order valence-electron chi connectivity index (χ0n) is 18.0. The number of carbonyl (C=O) groups is 2. The highest BCUT2D eigenvalue weighted by atomic mass is 16.6. The highest BCUT2D eigenvalue weighted by molar-refractivity contribution is 6.12. The van der Waals surface area contributed by atoms with Crippen molar-refractivity contribution in [3.63, 3.8) is 0 Å². The van der Waals surface area contributed by atoms with Crippen LogP contribution in [0.1, 0.15) is 15.9 Å². The number of nitro benzene ring substituents is 1. The van der Waals surface area contributed by atoms with Gasteiger partial charge in [0.2, 0.25) is 5.91 Å². The van der Waals surface area contributed by atoms with Gasteiger partial charge in [-0.25, -0.2) is 0 Å². The Hall–Kier alpha value is -4.91. The van der Waals surface area contributed by atoms with Gasteiger partial charge < -0.3 is 20.7 Å². The molecule has 10 nitrogen and oxygen atoms in total. The van der Waals surface area contributed by atoms with Crippen LogP contribution in [0.2, 0.25) is 0 Å². The first-order valence-electron chi connectivity index (χ1n) is 10.2. The summed E-state index contributed by atoms with van der Waals surface area (Å²) in [4.78, 5) is 35.4. The molecule has 0 radical (unpaired) electrons. The predicted octanol–water partition coefficient (Wildman–Crippen LogP) is 3.76. The molecular formula is C24H19N5O5. The average molecular weight is 457 g/mol. The largest absolute Gasteiger partial charge is 0.490 e. The summed E-state index contributed by atoms with van der Waals surface area (Å²) >= 11 is 0. The topological polar surface area (TPSA) is 146 Å². The van der Waals surface area contributed by atoms with Crippen LogP contribution in [0.5, 0.6) is 5.75 Å². The predicted molar refractivity (Wildman–Crippen MR) is 125 cm³/mol. The lowest BCUT2D eigenvalue weighted by Gasteiger charge is -2.12. The maximum absolute atomic E-state index is 12.8. The Morgan fingerprint density at radius 1 is 1.06 bits per heavy atom. The van der Waals surface area contributed by atoms with Crippen molar-refractivity contribution in [1.29, 1.82) is 5.26 Å². The molecule has 0 unspecified atom stereocenters. The smallest absolute Gasteiger partial charge is 0.310 e. The number of amides is 2. The molecule has 0 aliphatic carbocycles. The second-order valence-electron chi connectivity index (χ2n) is 7.47. The van der Waals surface area contributed by atoms with E-state index in [4.69, 9.17) is 10.00 Å². The van der Waals surface area contributed by atoms with Crippen LogP contribution >= 0.6 is 0 Å². The van der Waals surface area contributed by atoms with Gasteiger partial charge in [0.05, 0.1) is 47.1 Å². The fourth-order valence-corrected chi connectivity index (χ4v) is 3.67. The van der Waals surface area contributed by atoms with E-state index in [0.717, 1.165) is 5.56 Å². The van der Waals surface area contributed by atoms with Crippen molar-refractivity contribution in [2.24, 2.45) is 0 Å². The van der Waals surface area contributed by atoms with E-state index >= 15 is 0 Å². The molecule has 1 aliphatic rings. The number of ether oxygens (including phenoxy) is 1. The first-order chi connectivity index (χ1) is 16.4. The van der Waals surface area contributed by atoms with Crippen LogP contribution in [0.4, 0.5) is 22.7 Å². The Morgan fingerprint density at radius 2 is 1.82 bits per heavy atom. The third-order valence-corrected chi connectivity index (χ3v) is 5.30. The van der Waals surface area contributed by atoms with E-state index in [-0.39, 0.29) is 36.2 Å². The summed E-state index contributed by atoms with van der Waals surface area (Å²) in [6.45, 7) is -0.0678. The Balaban J connectivity index is 1.68. The van der Waals surface area contributed by atoms with Crippen molar-refractivity contribution >= 4 is 34.6 Å². The van der Waals surface area contributed by atoms with Crippen LogP contribution < -0.4 is 20.7 Å². The second kappa shape index (κ2) is 9.30. The SMILES string of the molecule is COc1cc(-c2ccc3c(c2)Nc2cc(CC(=O)NCC#N)ccc2NC3=O)ccc1[N+](=O)[O-]. The van der Waals surface area contributed by atoms with Gasteiger partial charge in [-0.3, -0.25) is 19.7 Å². The normalized spacial score (nSPS) is 11.6. The van der Waals surface area contributed by atoms with Crippen molar-refractivity contribution in [2.45, 2.75) is 6.42 Å². The molecule has 0 bridgehead atoms. The molecular weight excluding hydrogens is 438 g/mol. The molecule has 1 aliphatic heterocycles. The number of fused-ring (bicyclic) bond motifs is 2. The number of hydrogen-bond acceptors (Lipinski definition) is 7. The Labute approximate surface area is 194 Å². The van der Waals surface area contributed by atoms with Crippen LogP contribution in [0.15, 0.2) is 54.6 Å². The van der Waals surface area contributed by atoms with Crippen LogP contribution in [0.25, 0.3) is 11.1 Å². The fraction of sp³-hybridized carbons (Fsp3) is 0.125. The Morgan fingerprint density at radius 3 is 2.56 bits per heavy atom. The summed E-state index contributed by atoms with van der Waals surface area (Å²) in [5, 5.41) is 28.4. The van der Waals surface area contributed by atoms with Gasteiger partial charge in [0.1, 0.15) is 6.54 Å². The number of nitrogens with one attached hydrogen (secondary N) is 3. The van der Waals surface area contributed by atoms with E-state index in [0.29, 0.717) is 33.8 Å². The minimum absolute atomic E-state index is 0.0678. The molecule has 3 aromatic rings. The number of carbonyl (C=O) groups excluding carboxylic acids is 2. The molecule has 0 atom stereocenters. The number of rotatable bonds is 6. The Bertz CT molecular complexity index is 1360. The minimum atomic E-state index is -0.513. The summed E-state index contributed by atoms with van der Waals surface area (Å²) in [6.07, 6.45) is 0.0834. The first kappa shape index (κ1) is 22.3. The third-order valence-electron chi connectivity index (χ3n) is 5.30. The van der Waals surface area contributed by atoms with Crippen molar-refractivity contribution in [2.75, 3.05) is 24.3 Å². The van der Waals surface area contributed by atoms with Crippen LogP contribution in [0, 0.1) is 21.4 Å². The number of nitro groups is 1. The molecule has 0 fully saturated rings. The monoisotopic (exact) mass is 457 g/mol. The van der Waals surface area contributed by atoms with Crippen LogP contribution in [-0.2, 0) is 11.2 Å². The van der Waals surface area contributed by atoms with Gasteiger partial charge in [0.25, 0.3) is 5.91 Å². The molecule has 1 heterocycles. The second-order valence-corrected chi connectivity index (χ2v) is 7.47. The van der Waals surface area contributed by atoms with Crippen molar-refractivity contribution in [3.05, 3.63) is 75.8 Å². The van der Waals surface area contributed by atoms with Crippen LogP contribution in [-0.4, -0.2) is 30.4 Å². The van der Waals surface area contributed by atoms with E-state index < -0.39 is 4.92 Å². The van der Waals surface area contributed by atoms with Gasteiger partial charge in [-0.2, -0.15) is 5.26 Å². The van der Waals surface area contributed by atoms with E-state index in [1.807, 2.05) is 6.07 Å². The standard InChI is InChI=1S/C24H19N5O5/c1-34-22-13-16(4-7-21(22)29(32)33)15-3-5-17-19(12-15)27-20-10-14(11-23(30)26-9-8-25)2-6-18(20)28-24(17)31/h2-7,10,12-13,27H,9,11H2,1H3,(H,26,30)(H,28,31). The lowest BCUT2D eigenvalue weighted by Crippen LogP contribution is -2.25. The van der Waals surface area contributed by atoms with Gasteiger partial charge in [0.15, 0.2) is 5.75 Å². The molecule has 0 saturated carbocycles. The van der Waals surface area contributed by atoms with Gasteiger partial charge in [0, 0.05) is 6.07 Å². The fourth-order valence-electron chi connectivity index (χ4n) is 3.67. The zero-order valence-corrected chi connectivity index (χ0v) is 18.0. The Kier molecular flexibility index (Phi) is 6.09. The molecule has 2 amide bonds. The molecule has 10 heteroatoms. The zero-order chi connectivity index (χ0) is 24.2. The van der Waals surface area contributed by atoms with Crippen LogP contribution in [0.3, 0.4) is 0 Å². The number of hydrogen-bond donors (Lipinski definition) is 3. The maximum Gasteiger partial charge on any atom is 0.310 e. The van der Waals surface area contributed by atoms with E-state index in [9.17, 15) is 19.7 Å². The summed E-state index contributed by atoms with van der Waals surface area (Å²) in [7, 11) is 1.37. The van der Waals surface area contributed by atoms with Gasteiger partial charge >= 0.3 is 5.69 Å². The van der Waals surface area contributed by atoms with Gasteiger partial charge in [-0.05, 0) is 53.1 Å². The average Bonchev–Trinajstić information content (AvgIpc) is 2.97. The van der Waals surface area contributed by atoms with E-state index in [1.165, 1.54) is 13.2 Å². The van der Waals surface area contributed by atoms with Crippen molar-refractivity contribution in [1.82, 2.24) is 5.32 Å². The van der Waals surface area contributed by atoms with Gasteiger partial charge in [-0.1, -0.05) is 12.1 Å². The number of anilines is 3. The summed E-state index contributed by atoms with van der Waals surface area (Å²) in [5.41, 5.74) is 4.09. The van der Waals surface area contributed by atoms with Crippen molar-refractivity contribution < 1.29 is 19.2 Å². The summed E-state index contributed by atoms with van der Waals surface area (Å²) in [6, 6.07) is 16.8. The molecule has 0 spiro atoms. The number of methoxy groups -OCH3 is 1. The van der Waals surface area contributed by atoms with E-state index in [1.54, 1.807) is 48.5 Å². The molecule has 3 N–H and O–H groups in total. The molecule has 4 rings (SSSR count). The minimum Gasteiger partial charge on any atom is -0.490 e. The molecule has 0 aromatic heterocycles. The maximum atomic E-state index is 12.8. The highest BCUT2D eigenvalue weighted by Crippen LogP contribution is 2.37. The molecule has 34 heavy (non-hydrogen) atoms. The lowest BCUT2D eigenvalue weighted by molar-refractivity contribution is -0.385. The summed E-state index contributed by atoms with van der Waals surface area (Å²) < 4.78 is 5.16. The highest BCUT2D eigenvalue weighted by Gasteiger charge is 2.21. The molecule has 0 saturated heterocycles. The first-order valence-corrected chi connectivity index (χ1v) is 10.2. The third kappa shape index (κ3) is 4.49. The number of nitrogens with zero attached hydrogens (tertiary/aromatic N) is 2. The van der Waals surface area contributed by atoms with E-state index in [2.05, 4.69) is 16.0 Å². The molecule has 3 aromatic carbocycles. The summed E-state index contributed by atoms with van der Waals surface area (Å²) in [5.74, 6) is -0.449.